The number of rotatable bonds is 4. The molecule has 0 amide bonds. The van der Waals surface area contributed by atoms with Gasteiger partial charge in [0.05, 0.1) is 5.56 Å². The van der Waals surface area contributed by atoms with Gasteiger partial charge in [-0.3, -0.25) is 0 Å². The molecule has 104 valence electrons. The molecule has 0 radical (unpaired) electrons. The Morgan fingerprint density at radius 3 is 2.42 bits per heavy atom. The van der Waals surface area contributed by atoms with Gasteiger partial charge in [0.15, 0.2) is 0 Å². The van der Waals surface area contributed by atoms with Gasteiger partial charge in [0.25, 0.3) is 0 Å². The van der Waals surface area contributed by atoms with Gasteiger partial charge in [0.2, 0.25) is 0 Å². The van der Waals surface area contributed by atoms with E-state index in [0.29, 0.717) is 5.92 Å². The lowest BCUT2D eigenvalue weighted by Gasteiger charge is -2.15. The zero-order chi connectivity index (χ0) is 13.7. The molecule has 0 aliphatic heterocycles. The second kappa shape index (κ2) is 6.27. The highest BCUT2D eigenvalue weighted by Crippen LogP contribution is 2.29. The fourth-order valence-electron chi connectivity index (χ4n) is 2.55. The lowest BCUT2D eigenvalue weighted by Crippen LogP contribution is -2.04. The molecular weight excluding hydrogens is 249 g/mol. The van der Waals surface area contributed by atoms with Crippen molar-refractivity contribution in [3.8, 4) is 0 Å². The minimum Gasteiger partial charge on any atom is -0.166 e. The average molecular weight is 268 g/mol. The Morgan fingerprint density at radius 1 is 1.11 bits per heavy atom. The maximum absolute atomic E-state index is 12.4. The highest BCUT2D eigenvalue weighted by molar-refractivity contribution is 5.24. The predicted octanol–water partition coefficient (Wildman–Crippen LogP) is 5.38. The molecule has 0 saturated carbocycles. The lowest BCUT2D eigenvalue weighted by molar-refractivity contribution is -0.137. The molecule has 2 rings (SSSR count). The van der Waals surface area contributed by atoms with Crippen molar-refractivity contribution in [2.24, 2.45) is 5.92 Å². The number of benzene rings is 1. The minimum absolute atomic E-state index is 0.563. The molecule has 0 aromatic heterocycles. The van der Waals surface area contributed by atoms with Gasteiger partial charge in [0.1, 0.15) is 0 Å². The monoisotopic (exact) mass is 268 g/mol. The molecule has 0 heterocycles. The summed E-state index contributed by atoms with van der Waals surface area (Å²) < 4.78 is 37.2. The summed E-state index contributed by atoms with van der Waals surface area (Å²) in [5, 5.41) is 0. The van der Waals surface area contributed by atoms with E-state index in [-0.39, 0.29) is 0 Å². The summed E-state index contributed by atoms with van der Waals surface area (Å²) in [7, 11) is 0. The van der Waals surface area contributed by atoms with Crippen LogP contribution in [0.4, 0.5) is 13.2 Å². The van der Waals surface area contributed by atoms with Crippen LogP contribution >= 0.6 is 0 Å². The Kier molecular flexibility index (Phi) is 4.67. The molecule has 0 N–H and O–H groups in total. The van der Waals surface area contributed by atoms with E-state index in [2.05, 4.69) is 12.2 Å². The highest BCUT2D eigenvalue weighted by atomic mass is 19.4. The molecule has 3 heteroatoms. The summed E-state index contributed by atoms with van der Waals surface area (Å²) in [6.45, 7) is 0. The van der Waals surface area contributed by atoms with Gasteiger partial charge in [-0.05, 0) is 62.1 Å². The molecule has 1 atom stereocenters. The van der Waals surface area contributed by atoms with E-state index in [0.717, 1.165) is 24.8 Å². The van der Waals surface area contributed by atoms with Crippen LogP contribution in [0.25, 0.3) is 0 Å². The van der Waals surface area contributed by atoms with Gasteiger partial charge in [-0.1, -0.05) is 24.3 Å². The second-order valence-corrected chi connectivity index (χ2v) is 5.21. The first-order chi connectivity index (χ1) is 9.05. The molecule has 19 heavy (non-hydrogen) atoms. The number of allylic oxidation sites excluding steroid dienone is 2. The van der Waals surface area contributed by atoms with Gasteiger partial charge in [0, 0.05) is 0 Å². The van der Waals surface area contributed by atoms with Crippen LogP contribution in [0.3, 0.4) is 0 Å². The zero-order valence-corrected chi connectivity index (χ0v) is 10.9. The minimum atomic E-state index is -4.23. The molecule has 1 aliphatic carbocycles. The molecular formula is C16H19F3. The van der Waals surface area contributed by atoms with E-state index in [1.807, 2.05) is 0 Å². The molecule has 1 aromatic carbocycles. The van der Waals surface area contributed by atoms with E-state index in [9.17, 15) is 13.2 Å². The number of alkyl halides is 3. The van der Waals surface area contributed by atoms with E-state index < -0.39 is 11.7 Å². The summed E-state index contributed by atoms with van der Waals surface area (Å²) in [6.07, 6.45) is 7.05. The Balaban J connectivity index is 1.80. The fourth-order valence-corrected chi connectivity index (χ4v) is 2.55. The van der Waals surface area contributed by atoms with Crippen LogP contribution in [-0.2, 0) is 12.6 Å². The van der Waals surface area contributed by atoms with Crippen LogP contribution in [0.15, 0.2) is 36.4 Å². The smallest absolute Gasteiger partial charge is 0.166 e. The number of hydrogen-bond donors (Lipinski definition) is 0. The van der Waals surface area contributed by atoms with Crippen LogP contribution in [0.5, 0.6) is 0 Å². The Morgan fingerprint density at radius 2 is 1.84 bits per heavy atom. The summed E-state index contributed by atoms with van der Waals surface area (Å²) in [5.41, 5.74) is 0.430. The van der Waals surface area contributed by atoms with Crippen molar-refractivity contribution in [1.82, 2.24) is 0 Å². The molecule has 0 fully saturated rings. The van der Waals surface area contributed by atoms with Crippen LogP contribution < -0.4 is 0 Å². The summed E-state index contributed by atoms with van der Waals surface area (Å²) in [5.74, 6) is 0.670. The molecule has 0 nitrogen and oxygen atoms in total. The number of aryl methyl sites for hydroxylation is 1. The molecule has 0 spiro atoms. The SMILES string of the molecule is FC(F)(F)c1ccc(CCCC2C=CCCC2)cc1. The number of halogens is 3. The average Bonchev–Trinajstić information content (AvgIpc) is 2.39. The Bertz CT molecular complexity index is 415. The molecule has 0 bridgehead atoms. The van der Waals surface area contributed by atoms with Crippen molar-refractivity contribution in [2.45, 2.75) is 44.7 Å². The second-order valence-electron chi connectivity index (χ2n) is 5.21. The van der Waals surface area contributed by atoms with E-state index in [1.165, 1.54) is 31.4 Å². The van der Waals surface area contributed by atoms with Crippen LogP contribution in [0, 0.1) is 5.92 Å². The van der Waals surface area contributed by atoms with Crippen molar-refractivity contribution in [3.63, 3.8) is 0 Å². The van der Waals surface area contributed by atoms with Crippen molar-refractivity contribution in [2.75, 3.05) is 0 Å². The molecule has 1 unspecified atom stereocenters. The molecule has 0 saturated heterocycles. The maximum Gasteiger partial charge on any atom is 0.416 e. The zero-order valence-electron chi connectivity index (χ0n) is 10.9. The predicted molar refractivity (Wildman–Crippen MR) is 70.9 cm³/mol. The topological polar surface area (TPSA) is 0 Å². The molecule has 1 aliphatic rings. The Labute approximate surface area is 112 Å². The third-order valence-electron chi connectivity index (χ3n) is 3.68. The van der Waals surface area contributed by atoms with Crippen molar-refractivity contribution >= 4 is 0 Å². The largest absolute Gasteiger partial charge is 0.416 e. The van der Waals surface area contributed by atoms with Crippen LogP contribution in [0.1, 0.15) is 43.2 Å². The highest BCUT2D eigenvalue weighted by Gasteiger charge is 2.29. The van der Waals surface area contributed by atoms with Crippen LogP contribution in [-0.4, -0.2) is 0 Å². The first kappa shape index (κ1) is 14.2. The van der Waals surface area contributed by atoms with Gasteiger partial charge in [-0.15, -0.1) is 0 Å². The van der Waals surface area contributed by atoms with Crippen molar-refractivity contribution in [1.29, 1.82) is 0 Å². The molecule has 1 aromatic rings. The van der Waals surface area contributed by atoms with Crippen molar-refractivity contribution < 1.29 is 13.2 Å². The van der Waals surface area contributed by atoms with Gasteiger partial charge >= 0.3 is 6.18 Å². The standard InChI is InChI=1S/C16H19F3/c17-16(18,19)15-11-9-14(10-12-15)8-4-7-13-5-2-1-3-6-13/h2,5,9-13H,1,3-4,6-8H2. The van der Waals surface area contributed by atoms with E-state index in [4.69, 9.17) is 0 Å². The summed E-state index contributed by atoms with van der Waals surface area (Å²) in [6, 6.07) is 5.55. The van der Waals surface area contributed by atoms with Gasteiger partial charge < -0.3 is 0 Å². The van der Waals surface area contributed by atoms with Crippen molar-refractivity contribution in [3.05, 3.63) is 47.5 Å². The summed E-state index contributed by atoms with van der Waals surface area (Å²) in [4.78, 5) is 0. The Hall–Kier alpha value is -1.25. The lowest BCUT2D eigenvalue weighted by atomic mass is 9.90. The maximum atomic E-state index is 12.4. The fraction of sp³-hybridized carbons (Fsp3) is 0.500. The first-order valence-electron chi connectivity index (χ1n) is 6.88. The third-order valence-corrected chi connectivity index (χ3v) is 3.68. The number of hydrogen-bond acceptors (Lipinski definition) is 0. The third kappa shape index (κ3) is 4.41. The first-order valence-corrected chi connectivity index (χ1v) is 6.88. The van der Waals surface area contributed by atoms with Gasteiger partial charge in [-0.25, -0.2) is 0 Å². The van der Waals surface area contributed by atoms with E-state index >= 15 is 0 Å². The van der Waals surface area contributed by atoms with E-state index in [1.54, 1.807) is 12.1 Å². The normalized spacial score (nSPS) is 19.6. The quantitative estimate of drug-likeness (QED) is 0.643. The summed E-state index contributed by atoms with van der Waals surface area (Å²) >= 11 is 0. The van der Waals surface area contributed by atoms with Gasteiger partial charge in [-0.2, -0.15) is 13.2 Å². The van der Waals surface area contributed by atoms with Crippen LogP contribution in [0.2, 0.25) is 0 Å².